The summed E-state index contributed by atoms with van der Waals surface area (Å²) in [6.07, 6.45) is 3.07. The number of nitrogens with one attached hydrogen (secondary N) is 1. The van der Waals surface area contributed by atoms with Crippen LogP contribution in [0.1, 0.15) is 22.2 Å². The Morgan fingerprint density at radius 3 is 2.32 bits per heavy atom. The molecule has 8 heteroatoms. The number of hydrogen-bond donors (Lipinski definition) is 1. The topological polar surface area (TPSA) is 83.1 Å². The van der Waals surface area contributed by atoms with Crippen molar-refractivity contribution < 1.29 is 28.5 Å². The Bertz CT molecular complexity index is 1110. The van der Waals surface area contributed by atoms with Gasteiger partial charge in [0.25, 0.3) is 0 Å². The van der Waals surface area contributed by atoms with Gasteiger partial charge in [-0.1, -0.05) is 0 Å². The monoisotopic (exact) mass is 441 g/mol. The maximum Gasteiger partial charge on any atom is 0.348 e. The molecule has 162 valence electrons. The van der Waals surface area contributed by atoms with Crippen molar-refractivity contribution in [2.75, 3.05) is 33.3 Å². The first kappa shape index (κ1) is 22.2. The predicted octanol–water partition coefficient (Wildman–Crippen LogP) is 4.76. The number of esters is 1. The summed E-state index contributed by atoms with van der Waals surface area (Å²) in [5.74, 6) is 0.846. The number of thiophene rings is 1. The summed E-state index contributed by atoms with van der Waals surface area (Å²) in [5.41, 5.74) is 1.34. The van der Waals surface area contributed by atoms with Crippen molar-refractivity contribution in [3.8, 4) is 17.2 Å². The molecule has 3 aromatic rings. The Balaban J connectivity index is 1.75. The number of ether oxygens (including phenoxy) is 4. The number of carbonyl (C=O) groups excluding carboxylic acids is 2. The lowest BCUT2D eigenvalue weighted by atomic mass is 10.1. The molecule has 1 N–H and O–H groups in total. The number of anilines is 1. The Kier molecular flexibility index (Phi) is 7.15. The van der Waals surface area contributed by atoms with Crippen LogP contribution in [0.4, 0.5) is 5.69 Å². The van der Waals surface area contributed by atoms with E-state index < -0.39 is 0 Å². The number of methoxy groups -OCH3 is 3. The second kappa shape index (κ2) is 9.99. The summed E-state index contributed by atoms with van der Waals surface area (Å²) in [6.45, 7) is 2.09. The molecule has 1 aromatic heterocycles. The Morgan fingerprint density at radius 1 is 1.00 bits per heavy atom. The zero-order chi connectivity index (χ0) is 22.4. The van der Waals surface area contributed by atoms with Gasteiger partial charge in [-0.15, -0.1) is 11.3 Å². The lowest BCUT2D eigenvalue weighted by Crippen LogP contribution is -2.07. The second-order valence-electron chi connectivity index (χ2n) is 6.36. The van der Waals surface area contributed by atoms with Gasteiger partial charge in [0.1, 0.15) is 4.88 Å². The fourth-order valence-corrected chi connectivity index (χ4v) is 3.91. The molecule has 7 nitrogen and oxygen atoms in total. The van der Waals surface area contributed by atoms with Crippen LogP contribution >= 0.6 is 11.3 Å². The first-order chi connectivity index (χ1) is 15.0. The average molecular weight is 442 g/mol. The molecule has 0 atom stereocenters. The van der Waals surface area contributed by atoms with Gasteiger partial charge in [0.15, 0.2) is 11.5 Å². The molecule has 0 aliphatic carbocycles. The van der Waals surface area contributed by atoms with Gasteiger partial charge >= 0.3 is 5.97 Å². The van der Waals surface area contributed by atoms with Crippen molar-refractivity contribution in [2.24, 2.45) is 0 Å². The second-order valence-corrected chi connectivity index (χ2v) is 7.45. The molecule has 0 unspecified atom stereocenters. The van der Waals surface area contributed by atoms with Crippen LogP contribution in [0.25, 0.3) is 16.2 Å². The molecule has 31 heavy (non-hydrogen) atoms. The SMILES string of the molecule is CCOC(=O)c1cc2cc(NC(=O)/C=C/c3cc(OC)c(OC)c(OC)c3)ccc2s1. The molecule has 0 fully saturated rings. The molecule has 2 aromatic carbocycles. The van der Waals surface area contributed by atoms with Crippen molar-refractivity contribution in [3.05, 3.63) is 52.9 Å². The van der Waals surface area contributed by atoms with Crippen LogP contribution in [0, 0.1) is 0 Å². The Labute approximate surface area is 184 Å². The van der Waals surface area contributed by atoms with Crippen molar-refractivity contribution in [1.82, 2.24) is 0 Å². The van der Waals surface area contributed by atoms with E-state index in [-0.39, 0.29) is 11.9 Å². The molecule has 0 radical (unpaired) electrons. The molecule has 0 spiro atoms. The number of fused-ring (bicyclic) bond motifs is 1. The van der Waals surface area contributed by atoms with Gasteiger partial charge in [0.05, 0.1) is 27.9 Å². The quantitative estimate of drug-likeness (QED) is 0.401. The highest BCUT2D eigenvalue weighted by molar-refractivity contribution is 7.20. The summed E-state index contributed by atoms with van der Waals surface area (Å²) in [6, 6.07) is 10.7. The third kappa shape index (κ3) is 5.16. The summed E-state index contributed by atoms with van der Waals surface area (Å²) in [7, 11) is 4.60. The van der Waals surface area contributed by atoms with E-state index in [1.807, 2.05) is 12.1 Å². The van der Waals surface area contributed by atoms with E-state index in [1.165, 1.54) is 38.7 Å². The van der Waals surface area contributed by atoms with E-state index in [0.29, 0.717) is 34.4 Å². The van der Waals surface area contributed by atoms with Crippen LogP contribution < -0.4 is 19.5 Å². The summed E-state index contributed by atoms with van der Waals surface area (Å²) in [5, 5.41) is 3.68. The largest absolute Gasteiger partial charge is 0.493 e. The molecule has 3 rings (SSSR count). The van der Waals surface area contributed by atoms with Crippen molar-refractivity contribution in [3.63, 3.8) is 0 Å². The summed E-state index contributed by atoms with van der Waals surface area (Å²) >= 11 is 1.36. The smallest absolute Gasteiger partial charge is 0.348 e. The van der Waals surface area contributed by atoms with Crippen LogP contribution in [-0.2, 0) is 9.53 Å². The van der Waals surface area contributed by atoms with Gasteiger partial charge in [-0.25, -0.2) is 4.79 Å². The molecular formula is C23H23NO6S. The third-order valence-electron chi connectivity index (χ3n) is 4.37. The maximum absolute atomic E-state index is 12.4. The van der Waals surface area contributed by atoms with Crippen LogP contribution in [0.15, 0.2) is 42.5 Å². The normalized spacial score (nSPS) is 10.8. The first-order valence-corrected chi connectivity index (χ1v) is 10.3. The van der Waals surface area contributed by atoms with E-state index in [4.69, 9.17) is 18.9 Å². The van der Waals surface area contributed by atoms with E-state index in [0.717, 1.165) is 15.6 Å². The zero-order valence-corrected chi connectivity index (χ0v) is 18.5. The fourth-order valence-electron chi connectivity index (χ4n) is 2.98. The van der Waals surface area contributed by atoms with Crippen LogP contribution in [0.5, 0.6) is 17.2 Å². The standard InChI is InChI=1S/C23H23NO6S/c1-5-30-23(26)20-13-15-12-16(7-8-19(15)31-20)24-21(25)9-6-14-10-17(27-2)22(29-4)18(11-14)28-3/h6-13H,5H2,1-4H3,(H,24,25)/b9-6+. The zero-order valence-electron chi connectivity index (χ0n) is 17.7. The molecule has 0 bridgehead atoms. The lowest BCUT2D eigenvalue weighted by molar-refractivity contribution is -0.111. The Morgan fingerprint density at radius 2 is 1.71 bits per heavy atom. The molecule has 0 aliphatic rings. The van der Waals surface area contributed by atoms with Gasteiger partial charge in [0.2, 0.25) is 11.7 Å². The molecule has 1 heterocycles. The van der Waals surface area contributed by atoms with Crippen LogP contribution in [0.2, 0.25) is 0 Å². The van der Waals surface area contributed by atoms with Gasteiger partial charge < -0.3 is 24.3 Å². The predicted molar refractivity (Wildman–Crippen MR) is 122 cm³/mol. The number of rotatable bonds is 8. The van der Waals surface area contributed by atoms with Gasteiger partial charge in [-0.05, 0) is 60.3 Å². The highest BCUT2D eigenvalue weighted by Gasteiger charge is 2.13. The molecule has 1 amide bonds. The van der Waals surface area contributed by atoms with Gasteiger partial charge in [0, 0.05) is 16.5 Å². The van der Waals surface area contributed by atoms with Crippen molar-refractivity contribution >= 4 is 45.1 Å². The van der Waals surface area contributed by atoms with E-state index in [2.05, 4.69) is 5.32 Å². The minimum Gasteiger partial charge on any atom is -0.493 e. The Hall–Kier alpha value is -3.52. The van der Waals surface area contributed by atoms with Crippen molar-refractivity contribution in [2.45, 2.75) is 6.92 Å². The number of benzene rings is 2. The fraction of sp³-hybridized carbons (Fsp3) is 0.217. The number of carbonyl (C=O) groups is 2. The van der Waals surface area contributed by atoms with Crippen LogP contribution in [0.3, 0.4) is 0 Å². The number of amides is 1. The highest BCUT2D eigenvalue weighted by Crippen LogP contribution is 2.38. The molecular weight excluding hydrogens is 418 g/mol. The van der Waals surface area contributed by atoms with Crippen molar-refractivity contribution in [1.29, 1.82) is 0 Å². The first-order valence-electron chi connectivity index (χ1n) is 9.48. The minimum absolute atomic E-state index is 0.297. The lowest BCUT2D eigenvalue weighted by Gasteiger charge is -2.12. The number of hydrogen-bond acceptors (Lipinski definition) is 7. The third-order valence-corrected chi connectivity index (χ3v) is 5.47. The summed E-state index contributed by atoms with van der Waals surface area (Å²) in [4.78, 5) is 24.8. The van der Waals surface area contributed by atoms with E-state index in [1.54, 1.807) is 37.3 Å². The van der Waals surface area contributed by atoms with Gasteiger partial charge in [-0.2, -0.15) is 0 Å². The van der Waals surface area contributed by atoms with E-state index >= 15 is 0 Å². The minimum atomic E-state index is -0.345. The molecule has 0 aliphatic heterocycles. The average Bonchev–Trinajstić information content (AvgIpc) is 3.20. The highest BCUT2D eigenvalue weighted by atomic mass is 32.1. The maximum atomic E-state index is 12.4. The summed E-state index contributed by atoms with van der Waals surface area (Å²) < 4.78 is 21.9. The van der Waals surface area contributed by atoms with E-state index in [9.17, 15) is 9.59 Å². The van der Waals surface area contributed by atoms with Crippen LogP contribution in [-0.4, -0.2) is 39.8 Å². The molecule has 0 saturated carbocycles. The molecule has 0 saturated heterocycles. The van der Waals surface area contributed by atoms with Gasteiger partial charge in [-0.3, -0.25) is 4.79 Å².